The lowest BCUT2D eigenvalue weighted by molar-refractivity contribution is -0.137. The lowest BCUT2D eigenvalue weighted by atomic mass is 9.99. The fraction of sp³-hybridized carbons (Fsp3) is 0.333. The first-order valence-corrected chi connectivity index (χ1v) is 6.24. The predicted molar refractivity (Wildman–Crippen MR) is 72.5 cm³/mol. The first-order chi connectivity index (χ1) is 8.99. The summed E-state index contributed by atoms with van der Waals surface area (Å²) >= 11 is 0. The van der Waals surface area contributed by atoms with Gasteiger partial charge >= 0.3 is 11.6 Å². The van der Waals surface area contributed by atoms with E-state index >= 15 is 0 Å². The number of carboxylic acid groups (broad SMARTS) is 1. The Morgan fingerprint density at radius 2 is 2.05 bits per heavy atom. The number of fused-ring (bicyclic) bond motifs is 1. The van der Waals surface area contributed by atoms with E-state index in [0.29, 0.717) is 24.0 Å². The molecule has 0 spiro atoms. The summed E-state index contributed by atoms with van der Waals surface area (Å²) < 4.78 is 5.27. The predicted octanol–water partition coefficient (Wildman–Crippen LogP) is 2.82. The Balaban J connectivity index is 2.48. The van der Waals surface area contributed by atoms with Gasteiger partial charge in [-0.3, -0.25) is 4.79 Å². The van der Waals surface area contributed by atoms with Crippen LogP contribution in [0.15, 0.2) is 27.4 Å². The van der Waals surface area contributed by atoms with Crippen molar-refractivity contribution in [1.29, 1.82) is 0 Å². The van der Waals surface area contributed by atoms with Gasteiger partial charge in [-0.1, -0.05) is 12.1 Å². The van der Waals surface area contributed by atoms with Gasteiger partial charge < -0.3 is 9.52 Å². The van der Waals surface area contributed by atoms with Gasteiger partial charge in [0.1, 0.15) is 5.58 Å². The molecule has 1 aromatic carbocycles. The second-order valence-corrected chi connectivity index (χ2v) is 4.74. The summed E-state index contributed by atoms with van der Waals surface area (Å²) in [7, 11) is 0. The van der Waals surface area contributed by atoms with Gasteiger partial charge in [0.2, 0.25) is 0 Å². The van der Waals surface area contributed by atoms with Crippen molar-refractivity contribution >= 4 is 16.9 Å². The molecule has 0 saturated heterocycles. The molecule has 100 valence electrons. The highest BCUT2D eigenvalue weighted by atomic mass is 16.4. The maximum absolute atomic E-state index is 11.8. The third kappa shape index (κ3) is 2.84. The van der Waals surface area contributed by atoms with Crippen molar-refractivity contribution in [2.45, 2.75) is 33.1 Å². The van der Waals surface area contributed by atoms with E-state index in [4.69, 9.17) is 9.52 Å². The molecule has 2 aromatic rings. The molecule has 0 fully saturated rings. The first kappa shape index (κ1) is 13.3. The molecule has 0 aliphatic heterocycles. The number of aliphatic carboxylic acids is 1. The van der Waals surface area contributed by atoms with E-state index < -0.39 is 5.97 Å². The Bertz CT molecular complexity index is 682. The zero-order valence-electron chi connectivity index (χ0n) is 11.0. The van der Waals surface area contributed by atoms with Crippen molar-refractivity contribution in [3.63, 3.8) is 0 Å². The van der Waals surface area contributed by atoms with E-state index in [1.807, 2.05) is 25.1 Å². The van der Waals surface area contributed by atoms with Crippen LogP contribution >= 0.6 is 0 Å². The highest BCUT2D eigenvalue weighted by Crippen LogP contribution is 2.22. The molecule has 4 heteroatoms. The summed E-state index contributed by atoms with van der Waals surface area (Å²) in [5.74, 6) is -0.819. The van der Waals surface area contributed by atoms with Crippen LogP contribution in [0.3, 0.4) is 0 Å². The molecule has 1 aromatic heterocycles. The van der Waals surface area contributed by atoms with Crippen molar-refractivity contribution in [3.8, 4) is 0 Å². The highest BCUT2D eigenvalue weighted by Gasteiger charge is 2.11. The standard InChI is InChI=1S/C15H16O4/c1-9-6-7-12-11(4-3-5-14(16)17)10(2)15(18)19-13(12)8-9/h6-8H,3-5H2,1-2H3,(H,16,17). The van der Waals surface area contributed by atoms with Gasteiger partial charge in [-0.15, -0.1) is 0 Å². The van der Waals surface area contributed by atoms with Crippen molar-refractivity contribution in [1.82, 2.24) is 0 Å². The smallest absolute Gasteiger partial charge is 0.339 e. The van der Waals surface area contributed by atoms with Crippen molar-refractivity contribution in [3.05, 3.63) is 45.3 Å². The molecule has 0 bridgehead atoms. The van der Waals surface area contributed by atoms with Gasteiger partial charge in [0.05, 0.1) is 0 Å². The van der Waals surface area contributed by atoms with Gasteiger partial charge in [0.15, 0.2) is 0 Å². The minimum Gasteiger partial charge on any atom is -0.481 e. The maximum Gasteiger partial charge on any atom is 0.339 e. The Morgan fingerprint density at radius 3 is 2.74 bits per heavy atom. The van der Waals surface area contributed by atoms with Crippen LogP contribution in [0.25, 0.3) is 11.0 Å². The molecule has 0 aliphatic carbocycles. The second kappa shape index (κ2) is 5.26. The van der Waals surface area contributed by atoms with Gasteiger partial charge in [-0.2, -0.15) is 0 Å². The number of aryl methyl sites for hydroxylation is 2. The van der Waals surface area contributed by atoms with Crippen LogP contribution in [0.2, 0.25) is 0 Å². The Morgan fingerprint density at radius 1 is 1.32 bits per heavy atom. The second-order valence-electron chi connectivity index (χ2n) is 4.74. The van der Waals surface area contributed by atoms with Crippen LogP contribution in [-0.4, -0.2) is 11.1 Å². The largest absolute Gasteiger partial charge is 0.481 e. The molecule has 1 N–H and O–H groups in total. The fourth-order valence-electron chi connectivity index (χ4n) is 2.20. The summed E-state index contributed by atoms with van der Waals surface area (Å²) in [6.45, 7) is 3.66. The van der Waals surface area contributed by atoms with Crippen LogP contribution in [0.1, 0.15) is 29.5 Å². The summed E-state index contributed by atoms with van der Waals surface area (Å²) in [5, 5.41) is 9.58. The maximum atomic E-state index is 11.8. The van der Waals surface area contributed by atoms with Gasteiger partial charge in [-0.05, 0) is 43.9 Å². The Labute approximate surface area is 110 Å². The summed E-state index contributed by atoms with van der Waals surface area (Å²) in [6, 6.07) is 5.72. The minimum absolute atomic E-state index is 0.104. The normalized spacial score (nSPS) is 10.8. The van der Waals surface area contributed by atoms with E-state index in [1.165, 1.54) is 0 Å². The Hall–Kier alpha value is -2.10. The van der Waals surface area contributed by atoms with Crippen LogP contribution in [-0.2, 0) is 11.2 Å². The third-order valence-electron chi connectivity index (χ3n) is 3.24. The molecule has 0 saturated carbocycles. The summed E-state index contributed by atoms with van der Waals surface area (Å²) in [5.41, 5.74) is 2.72. The molecule has 1 heterocycles. The SMILES string of the molecule is Cc1ccc2c(CCCC(=O)O)c(C)c(=O)oc2c1. The zero-order chi connectivity index (χ0) is 14.0. The number of hydrogen-bond acceptors (Lipinski definition) is 3. The number of hydrogen-bond donors (Lipinski definition) is 1. The zero-order valence-corrected chi connectivity index (χ0v) is 11.0. The van der Waals surface area contributed by atoms with Crippen LogP contribution in [0, 0.1) is 13.8 Å². The monoisotopic (exact) mass is 260 g/mol. The molecule has 0 amide bonds. The van der Waals surface area contributed by atoms with Gasteiger partial charge in [-0.25, -0.2) is 4.79 Å². The molecular formula is C15H16O4. The van der Waals surface area contributed by atoms with Crippen LogP contribution in [0.5, 0.6) is 0 Å². The number of carboxylic acids is 1. The summed E-state index contributed by atoms with van der Waals surface area (Å²) in [6.07, 6.45) is 1.19. The molecule has 0 radical (unpaired) electrons. The van der Waals surface area contributed by atoms with E-state index in [2.05, 4.69) is 0 Å². The third-order valence-corrected chi connectivity index (χ3v) is 3.24. The van der Waals surface area contributed by atoms with Crippen molar-refractivity contribution in [2.24, 2.45) is 0 Å². The number of benzene rings is 1. The first-order valence-electron chi connectivity index (χ1n) is 6.24. The topological polar surface area (TPSA) is 67.5 Å². The molecular weight excluding hydrogens is 244 g/mol. The average molecular weight is 260 g/mol. The van der Waals surface area contributed by atoms with E-state index in [9.17, 15) is 9.59 Å². The lowest BCUT2D eigenvalue weighted by Crippen LogP contribution is -2.08. The van der Waals surface area contributed by atoms with E-state index in [0.717, 1.165) is 16.5 Å². The van der Waals surface area contributed by atoms with Crippen molar-refractivity contribution in [2.75, 3.05) is 0 Å². The summed E-state index contributed by atoms with van der Waals surface area (Å²) in [4.78, 5) is 22.3. The molecule has 4 nitrogen and oxygen atoms in total. The molecule has 0 atom stereocenters. The lowest BCUT2D eigenvalue weighted by Gasteiger charge is -2.08. The molecule has 2 rings (SSSR count). The Kier molecular flexibility index (Phi) is 3.69. The number of rotatable bonds is 4. The van der Waals surface area contributed by atoms with Crippen LogP contribution in [0.4, 0.5) is 0 Å². The van der Waals surface area contributed by atoms with E-state index in [-0.39, 0.29) is 12.0 Å². The van der Waals surface area contributed by atoms with Crippen molar-refractivity contribution < 1.29 is 14.3 Å². The van der Waals surface area contributed by atoms with Gasteiger partial charge in [0, 0.05) is 17.4 Å². The van der Waals surface area contributed by atoms with Crippen LogP contribution < -0.4 is 5.63 Å². The molecule has 0 unspecified atom stereocenters. The number of carbonyl (C=O) groups is 1. The van der Waals surface area contributed by atoms with E-state index in [1.54, 1.807) is 6.92 Å². The molecule has 19 heavy (non-hydrogen) atoms. The van der Waals surface area contributed by atoms with Gasteiger partial charge in [0.25, 0.3) is 0 Å². The minimum atomic E-state index is -0.819. The average Bonchev–Trinajstić information content (AvgIpc) is 2.33. The fourth-order valence-corrected chi connectivity index (χ4v) is 2.20. The highest BCUT2D eigenvalue weighted by molar-refractivity contribution is 5.81. The molecule has 0 aliphatic rings. The quantitative estimate of drug-likeness (QED) is 0.858.